The molecule has 0 atom stereocenters. The van der Waals surface area contributed by atoms with Gasteiger partial charge in [-0.25, -0.2) is 0 Å². The van der Waals surface area contributed by atoms with Crippen molar-refractivity contribution in [3.05, 3.63) is 95.6 Å². The minimum absolute atomic E-state index is 0.00629. The summed E-state index contributed by atoms with van der Waals surface area (Å²) in [5.41, 5.74) is 2.29. The molecule has 0 aliphatic heterocycles. The number of rotatable bonds is 7. The first-order valence-corrected chi connectivity index (χ1v) is 10.0. The summed E-state index contributed by atoms with van der Waals surface area (Å²) in [6.45, 7) is 1.89. The van der Waals surface area contributed by atoms with Crippen molar-refractivity contribution in [1.29, 1.82) is 0 Å². The zero-order valence-corrected chi connectivity index (χ0v) is 15.8. The van der Waals surface area contributed by atoms with Crippen molar-refractivity contribution in [2.24, 2.45) is 0 Å². The number of para-hydroxylation sites is 1. The molecule has 3 rings (SSSR count). The average Bonchev–Trinajstić information content (AvgIpc) is 2.68. The van der Waals surface area contributed by atoms with Crippen molar-refractivity contribution >= 4 is 15.9 Å². The zero-order valence-electron chi connectivity index (χ0n) is 15.0. The van der Waals surface area contributed by atoms with Crippen LogP contribution in [0, 0.1) is 6.92 Å². The number of Topliss-reactive ketones (excluding diaryl/α,β-unsaturated/α-hetero) is 1. The first kappa shape index (κ1) is 18.9. The molecule has 138 valence electrons. The van der Waals surface area contributed by atoms with Crippen LogP contribution in [-0.2, 0) is 16.5 Å². The van der Waals surface area contributed by atoms with E-state index in [2.05, 4.69) is 0 Å². The van der Waals surface area contributed by atoms with E-state index in [1.807, 2.05) is 25.1 Å². The van der Waals surface area contributed by atoms with Crippen LogP contribution in [0.25, 0.3) is 0 Å². The van der Waals surface area contributed by atoms with E-state index in [-0.39, 0.29) is 22.8 Å². The van der Waals surface area contributed by atoms with E-state index in [1.165, 1.54) is 12.1 Å². The van der Waals surface area contributed by atoms with Crippen molar-refractivity contribution in [2.75, 3.05) is 0 Å². The van der Waals surface area contributed by atoms with Crippen LogP contribution in [0.2, 0.25) is 0 Å². The lowest BCUT2D eigenvalue weighted by Crippen LogP contribution is -2.11. The summed E-state index contributed by atoms with van der Waals surface area (Å²) in [7, 11) is -3.93. The van der Waals surface area contributed by atoms with Crippen molar-refractivity contribution in [3.63, 3.8) is 0 Å². The molecule has 0 heterocycles. The van der Waals surface area contributed by atoms with E-state index in [9.17, 15) is 13.2 Å². The molecule has 0 aliphatic carbocycles. The molecule has 0 spiro atoms. The number of aryl methyl sites for hydroxylation is 2. The van der Waals surface area contributed by atoms with Crippen LogP contribution in [0.1, 0.15) is 27.9 Å². The van der Waals surface area contributed by atoms with Crippen molar-refractivity contribution in [1.82, 2.24) is 0 Å². The van der Waals surface area contributed by atoms with Crippen LogP contribution in [0.4, 0.5) is 0 Å². The fraction of sp³-hybridized carbons (Fsp3) is 0.136. The number of benzene rings is 3. The second kappa shape index (κ2) is 8.18. The first-order chi connectivity index (χ1) is 13.0. The summed E-state index contributed by atoms with van der Waals surface area (Å²) in [6.07, 6.45) is 0.669. The average molecular weight is 380 g/mol. The van der Waals surface area contributed by atoms with E-state index in [1.54, 1.807) is 48.5 Å². The smallest absolute Gasteiger partial charge is 0.339 e. The molecule has 4 nitrogen and oxygen atoms in total. The van der Waals surface area contributed by atoms with Crippen LogP contribution >= 0.6 is 0 Å². The van der Waals surface area contributed by atoms with E-state index in [0.717, 1.165) is 5.56 Å². The van der Waals surface area contributed by atoms with Crippen LogP contribution in [0.3, 0.4) is 0 Å². The second-order valence-electron chi connectivity index (χ2n) is 6.25. The van der Waals surface area contributed by atoms with Crippen LogP contribution in [0.15, 0.2) is 83.8 Å². The van der Waals surface area contributed by atoms with Gasteiger partial charge in [0.05, 0.1) is 0 Å². The Hall–Kier alpha value is -2.92. The lowest BCUT2D eigenvalue weighted by molar-refractivity contribution is 0.0983. The Balaban J connectivity index is 1.76. The minimum atomic E-state index is -3.93. The van der Waals surface area contributed by atoms with Gasteiger partial charge in [-0.3, -0.25) is 4.79 Å². The van der Waals surface area contributed by atoms with E-state index < -0.39 is 10.1 Å². The normalized spacial score (nSPS) is 11.1. The highest BCUT2D eigenvalue weighted by atomic mass is 32.2. The molecule has 0 fully saturated rings. The Morgan fingerprint density at radius 3 is 2.19 bits per heavy atom. The Bertz CT molecular complexity index is 1020. The Labute approximate surface area is 159 Å². The predicted octanol–water partition coefficient (Wildman–Crippen LogP) is 4.58. The topological polar surface area (TPSA) is 60.4 Å². The standard InChI is InChI=1S/C22H20O4S/c1-17-11-14-20(15-12-17)27(24,25)26-22-10-6-5-9-19(22)13-16-21(23)18-7-3-2-4-8-18/h2-12,14-15H,13,16H2,1H3. The van der Waals surface area contributed by atoms with E-state index in [0.29, 0.717) is 17.5 Å². The maximum atomic E-state index is 12.5. The molecule has 0 radical (unpaired) electrons. The van der Waals surface area contributed by atoms with Crippen molar-refractivity contribution < 1.29 is 17.4 Å². The third-order valence-corrected chi connectivity index (χ3v) is 5.45. The molecule has 3 aromatic carbocycles. The Kier molecular flexibility index (Phi) is 5.72. The molecule has 0 saturated heterocycles. The van der Waals surface area contributed by atoms with Gasteiger partial charge in [-0.1, -0.05) is 66.2 Å². The van der Waals surface area contributed by atoms with Crippen molar-refractivity contribution in [3.8, 4) is 5.75 Å². The van der Waals surface area contributed by atoms with E-state index >= 15 is 0 Å². The van der Waals surface area contributed by atoms with Gasteiger partial charge in [0.25, 0.3) is 0 Å². The number of hydrogen-bond donors (Lipinski definition) is 0. The van der Waals surface area contributed by atoms with Gasteiger partial charge in [-0.05, 0) is 37.1 Å². The third-order valence-electron chi connectivity index (χ3n) is 4.20. The molecule has 0 saturated carbocycles. The number of hydrogen-bond acceptors (Lipinski definition) is 4. The van der Waals surface area contributed by atoms with Gasteiger partial charge >= 0.3 is 10.1 Å². The van der Waals surface area contributed by atoms with Gasteiger partial charge in [0.15, 0.2) is 5.78 Å². The quantitative estimate of drug-likeness (QED) is 0.445. The fourth-order valence-corrected chi connectivity index (χ4v) is 3.64. The summed E-state index contributed by atoms with van der Waals surface area (Å²) in [4.78, 5) is 12.4. The van der Waals surface area contributed by atoms with Gasteiger partial charge < -0.3 is 4.18 Å². The number of carbonyl (C=O) groups is 1. The van der Waals surface area contributed by atoms with E-state index in [4.69, 9.17) is 4.18 Å². The molecule has 0 N–H and O–H groups in total. The molecule has 27 heavy (non-hydrogen) atoms. The van der Waals surface area contributed by atoms with Crippen LogP contribution < -0.4 is 4.18 Å². The highest BCUT2D eigenvalue weighted by molar-refractivity contribution is 7.87. The predicted molar refractivity (Wildman–Crippen MR) is 105 cm³/mol. The SMILES string of the molecule is Cc1ccc(S(=O)(=O)Oc2ccccc2CCC(=O)c2ccccc2)cc1. The van der Waals surface area contributed by atoms with Crippen molar-refractivity contribution in [2.45, 2.75) is 24.7 Å². The monoisotopic (exact) mass is 380 g/mol. The summed E-state index contributed by atoms with van der Waals surface area (Å²) in [6, 6.07) is 22.4. The maximum absolute atomic E-state index is 12.5. The molecule has 0 amide bonds. The summed E-state index contributed by atoms with van der Waals surface area (Å²) in [5, 5.41) is 0. The minimum Gasteiger partial charge on any atom is -0.379 e. The fourth-order valence-electron chi connectivity index (χ4n) is 2.68. The zero-order chi connectivity index (χ0) is 19.3. The van der Waals surface area contributed by atoms with Crippen LogP contribution in [-0.4, -0.2) is 14.2 Å². The lowest BCUT2D eigenvalue weighted by Gasteiger charge is -2.11. The highest BCUT2D eigenvalue weighted by Crippen LogP contribution is 2.25. The number of ketones is 1. The maximum Gasteiger partial charge on any atom is 0.339 e. The highest BCUT2D eigenvalue weighted by Gasteiger charge is 2.18. The Morgan fingerprint density at radius 2 is 1.48 bits per heavy atom. The van der Waals surface area contributed by atoms with Gasteiger partial charge in [0, 0.05) is 12.0 Å². The van der Waals surface area contributed by atoms with Gasteiger partial charge in [-0.2, -0.15) is 8.42 Å². The third kappa shape index (κ3) is 4.83. The molecule has 0 aliphatic rings. The van der Waals surface area contributed by atoms with Gasteiger partial charge in [-0.15, -0.1) is 0 Å². The molecule has 0 aromatic heterocycles. The molecular formula is C22H20O4S. The Morgan fingerprint density at radius 1 is 0.852 bits per heavy atom. The van der Waals surface area contributed by atoms with Crippen LogP contribution in [0.5, 0.6) is 5.75 Å². The summed E-state index contributed by atoms with van der Waals surface area (Å²) in [5.74, 6) is 0.255. The summed E-state index contributed by atoms with van der Waals surface area (Å²) >= 11 is 0. The second-order valence-corrected chi connectivity index (χ2v) is 7.79. The first-order valence-electron chi connectivity index (χ1n) is 8.63. The lowest BCUT2D eigenvalue weighted by atomic mass is 10.0. The molecule has 0 bridgehead atoms. The molecular weight excluding hydrogens is 360 g/mol. The molecule has 3 aromatic rings. The van der Waals surface area contributed by atoms with Gasteiger partial charge in [0.1, 0.15) is 10.6 Å². The van der Waals surface area contributed by atoms with Gasteiger partial charge in [0.2, 0.25) is 0 Å². The summed E-state index contributed by atoms with van der Waals surface area (Å²) < 4.78 is 30.4. The molecule has 0 unspecified atom stereocenters. The number of carbonyl (C=O) groups excluding carboxylic acids is 1. The molecule has 5 heteroatoms. The largest absolute Gasteiger partial charge is 0.379 e.